The summed E-state index contributed by atoms with van der Waals surface area (Å²) in [5, 5.41) is 11.3. The van der Waals surface area contributed by atoms with Crippen molar-refractivity contribution in [2.75, 3.05) is 11.9 Å². The molecule has 9 nitrogen and oxygen atoms in total. The number of benzene rings is 2. The van der Waals surface area contributed by atoms with Crippen LogP contribution in [0.4, 0.5) is 5.69 Å². The van der Waals surface area contributed by atoms with Crippen molar-refractivity contribution < 1.29 is 22.7 Å². The molecule has 1 amide bonds. The first-order valence-corrected chi connectivity index (χ1v) is 9.95. The first-order valence-electron chi connectivity index (χ1n) is 8.47. The van der Waals surface area contributed by atoms with Crippen LogP contribution in [-0.2, 0) is 24.3 Å². The molecule has 0 spiro atoms. The van der Waals surface area contributed by atoms with Crippen LogP contribution in [0.1, 0.15) is 18.1 Å². The van der Waals surface area contributed by atoms with Crippen LogP contribution in [-0.4, -0.2) is 38.8 Å². The van der Waals surface area contributed by atoms with Gasteiger partial charge in [0, 0.05) is 11.3 Å². The van der Waals surface area contributed by atoms with Crippen LogP contribution < -0.4 is 10.0 Å². The monoisotopic (exact) mass is 412 g/mol. The minimum Gasteiger partial charge on any atom is -0.451 e. The average molecular weight is 412 g/mol. The molecule has 1 atom stereocenters. The maximum Gasteiger partial charge on any atom is 0.328 e. The minimum atomic E-state index is -3.70. The summed E-state index contributed by atoms with van der Waals surface area (Å²) in [5.74, 6) is -1.29. The van der Waals surface area contributed by atoms with Crippen LogP contribution in [0.3, 0.4) is 0 Å². The molecule has 2 aromatic rings. The van der Waals surface area contributed by atoms with Gasteiger partial charge in [0.1, 0.15) is 12.4 Å². The number of aliphatic imine (C=N–C) groups is 1. The number of fused-ring (bicyclic) bond motifs is 1. The van der Waals surface area contributed by atoms with Gasteiger partial charge in [0.2, 0.25) is 0 Å². The van der Waals surface area contributed by atoms with Crippen molar-refractivity contribution in [1.82, 2.24) is 4.72 Å². The first kappa shape index (κ1) is 20.0. The number of amides is 1. The number of carbonyl (C=O) groups is 2. The van der Waals surface area contributed by atoms with E-state index in [1.54, 1.807) is 42.5 Å². The maximum absolute atomic E-state index is 12.1. The summed E-state index contributed by atoms with van der Waals surface area (Å²) in [4.78, 5) is 28.2. The van der Waals surface area contributed by atoms with Crippen molar-refractivity contribution in [2.24, 2.45) is 4.99 Å². The highest BCUT2D eigenvalue weighted by molar-refractivity contribution is 7.90. The lowest BCUT2D eigenvalue weighted by atomic mass is 10.2. The quantitative estimate of drug-likeness (QED) is 0.707. The second-order valence-corrected chi connectivity index (χ2v) is 7.73. The van der Waals surface area contributed by atoms with Crippen molar-refractivity contribution in [3.63, 3.8) is 0 Å². The number of hydrogen-bond donors (Lipinski definition) is 2. The lowest BCUT2D eigenvalue weighted by Gasteiger charge is -2.13. The van der Waals surface area contributed by atoms with E-state index in [2.05, 4.69) is 15.0 Å². The molecule has 0 unspecified atom stereocenters. The van der Waals surface area contributed by atoms with Crippen LogP contribution in [0.25, 0.3) is 0 Å². The Bertz CT molecular complexity index is 1130. The van der Waals surface area contributed by atoms with Gasteiger partial charge in [-0.05, 0) is 43.3 Å². The summed E-state index contributed by atoms with van der Waals surface area (Å²) >= 11 is 0. The largest absolute Gasteiger partial charge is 0.451 e. The normalized spacial score (nSPS) is 16.2. The Morgan fingerprint density at radius 2 is 1.90 bits per heavy atom. The van der Waals surface area contributed by atoms with Gasteiger partial charge < -0.3 is 10.1 Å². The second-order valence-electron chi connectivity index (χ2n) is 6.08. The van der Waals surface area contributed by atoms with E-state index in [1.165, 1.54) is 13.0 Å². The van der Waals surface area contributed by atoms with Gasteiger partial charge in [0.25, 0.3) is 15.9 Å². The van der Waals surface area contributed by atoms with Crippen molar-refractivity contribution in [3.05, 3.63) is 59.7 Å². The fraction of sp³-hybridized carbons (Fsp3) is 0.158. The Balaban J connectivity index is 1.58. The van der Waals surface area contributed by atoms with E-state index >= 15 is 0 Å². The lowest BCUT2D eigenvalue weighted by molar-refractivity contribution is -0.151. The van der Waals surface area contributed by atoms with Crippen LogP contribution in [0.2, 0.25) is 0 Å². The molecule has 0 bridgehead atoms. The molecule has 3 rings (SSSR count). The topological polar surface area (TPSA) is 138 Å². The number of nitrogens with one attached hydrogen (secondary N) is 2. The molecule has 0 saturated heterocycles. The number of sulfonamides is 1. The summed E-state index contributed by atoms with van der Waals surface area (Å²) in [6.45, 7) is 0.943. The summed E-state index contributed by atoms with van der Waals surface area (Å²) in [6.07, 6.45) is -1.09. The third-order valence-corrected chi connectivity index (χ3v) is 5.39. The number of carbonyl (C=O) groups excluding carboxylic acids is 2. The third kappa shape index (κ3) is 4.59. The summed E-state index contributed by atoms with van der Waals surface area (Å²) < 4.78 is 31.3. The van der Waals surface area contributed by atoms with E-state index in [0.29, 0.717) is 16.8 Å². The molecule has 0 fully saturated rings. The fourth-order valence-corrected chi connectivity index (χ4v) is 3.81. The minimum absolute atomic E-state index is 0.0484. The Labute approximate surface area is 167 Å². The molecule has 1 heterocycles. The molecule has 29 heavy (non-hydrogen) atoms. The number of nitriles is 1. The van der Waals surface area contributed by atoms with E-state index in [9.17, 15) is 18.0 Å². The molecule has 0 aliphatic carbocycles. The van der Waals surface area contributed by atoms with Crippen LogP contribution >= 0.6 is 0 Å². The molecule has 2 aromatic carbocycles. The fourth-order valence-electron chi connectivity index (χ4n) is 2.55. The average Bonchev–Trinajstić information content (AvgIpc) is 2.97. The molecule has 0 saturated carbocycles. The summed E-state index contributed by atoms with van der Waals surface area (Å²) in [6, 6.07) is 14.4. The van der Waals surface area contributed by atoms with Gasteiger partial charge in [0.15, 0.2) is 6.10 Å². The number of amidine groups is 1. The van der Waals surface area contributed by atoms with Gasteiger partial charge in [-0.2, -0.15) is 5.26 Å². The molecule has 0 radical (unpaired) electrons. The molecule has 1 aliphatic heterocycles. The van der Waals surface area contributed by atoms with Crippen LogP contribution in [0.15, 0.2) is 58.4 Å². The number of rotatable bonds is 5. The van der Waals surface area contributed by atoms with Crippen molar-refractivity contribution in [3.8, 4) is 6.07 Å². The molecule has 0 aromatic heterocycles. The lowest BCUT2D eigenvalue weighted by Crippen LogP contribution is -2.31. The predicted octanol–water partition coefficient (Wildman–Crippen LogP) is 1.17. The van der Waals surface area contributed by atoms with Gasteiger partial charge in [-0.15, -0.1) is 0 Å². The highest BCUT2D eigenvalue weighted by Gasteiger charge is 2.30. The summed E-state index contributed by atoms with van der Waals surface area (Å²) in [5.41, 5.74) is 1.27. The number of hydrogen-bond acceptors (Lipinski definition) is 7. The van der Waals surface area contributed by atoms with Gasteiger partial charge >= 0.3 is 5.97 Å². The summed E-state index contributed by atoms with van der Waals surface area (Å²) in [7, 11) is -3.70. The van der Waals surface area contributed by atoms with E-state index in [4.69, 9.17) is 10.00 Å². The van der Waals surface area contributed by atoms with Crippen LogP contribution in [0.5, 0.6) is 0 Å². The highest BCUT2D eigenvalue weighted by atomic mass is 32.2. The Hall–Kier alpha value is -3.71. The molecular formula is C19H16N4O5S. The Morgan fingerprint density at radius 3 is 2.59 bits per heavy atom. The van der Waals surface area contributed by atoms with Gasteiger partial charge in [0.05, 0.1) is 16.5 Å². The third-order valence-electron chi connectivity index (χ3n) is 3.99. The van der Waals surface area contributed by atoms with Gasteiger partial charge in [-0.1, -0.05) is 12.1 Å². The Kier molecular flexibility index (Phi) is 5.61. The molecule has 1 aliphatic rings. The van der Waals surface area contributed by atoms with Crippen molar-refractivity contribution in [2.45, 2.75) is 17.9 Å². The number of ether oxygens (including phenoxy) is 1. The van der Waals surface area contributed by atoms with Crippen LogP contribution in [0, 0.1) is 11.3 Å². The first-order chi connectivity index (χ1) is 13.8. The number of esters is 1. The molecule has 2 N–H and O–H groups in total. The Morgan fingerprint density at radius 1 is 1.21 bits per heavy atom. The molecular weight excluding hydrogens is 396 g/mol. The van der Waals surface area contributed by atoms with E-state index < -0.39 is 34.5 Å². The molecule has 10 heteroatoms. The van der Waals surface area contributed by atoms with Gasteiger partial charge in [-0.25, -0.2) is 8.42 Å². The van der Waals surface area contributed by atoms with Gasteiger partial charge in [-0.3, -0.25) is 19.3 Å². The number of anilines is 1. The van der Waals surface area contributed by atoms with E-state index in [-0.39, 0.29) is 10.7 Å². The van der Waals surface area contributed by atoms with E-state index in [1.807, 2.05) is 6.07 Å². The zero-order valence-electron chi connectivity index (χ0n) is 15.2. The maximum atomic E-state index is 12.1. The van der Waals surface area contributed by atoms with E-state index in [0.717, 1.165) is 0 Å². The highest BCUT2D eigenvalue weighted by Crippen LogP contribution is 2.22. The molecule has 148 valence electrons. The predicted molar refractivity (Wildman–Crippen MR) is 104 cm³/mol. The second kappa shape index (κ2) is 8.12. The zero-order chi connectivity index (χ0) is 21.0. The van der Waals surface area contributed by atoms with Crippen molar-refractivity contribution >= 4 is 33.4 Å². The SMILES string of the molecule is C[C@@H](OC(=O)CN=C1NS(=O)(=O)c2ccccc21)C(=O)Nc1ccc(C#N)cc1. The number of nitrogens with zero attached hydrogens (tertiary/aromatic N) is 2. The van der Waals surface area contributed by atoms with Crippen molar-refractivity contribution in [1.29, 1.82) is 5.26 Å². The smallest absolute Gasteiger partial charge is 0.328 e. The zero-order valence-corrected chi connectivity index (χ0v) is 16.1. The standard InChI is InChI=1S/C19H16N4O5S/c1-12(19(25)22-14-8-6-13(10-20)7-9-14)28-17(24)11-21-18-15-4-2-3-5-16(15)29(26,27)23-18/h2-9,12H,11H2,1H3,(H,21,23)(H,22,25)/t12-/m1/s1.